The Morgan fingerprint density at radius 2 is 2.16 bits per heavy atom. The summed E-state index contributed by atoms with van der Waals surface area (Å²) in [7, 11) is 1.92. The molecule has 0 unspecified atom stereocenters. The summed E-state index contributed by atoms with van der Waals surface area (Å²) in [6.45, 7) is 4.33. The van der Waals surface area contributed by atoms with Crippen LogP contribution in [-0.4, -0.2) is 21.5 Å². The number of aromatic nitrogens is 2. The molecule has 0 aliphatic carbocycles. The molecular formula is C15H20N2O2. The summed E-state index contributed by atoms with van der Waals surface area (Å²) in [5, 5.41) is 13.9. The number of rotatable bonds is 5. The van der Waals surface area contributed by atoms with Gasteiger partial charge in [0.1, 0.15) is 5.75 Å². The molecule has 19 heavy (non-hydrogen) atoms. The molecule has 102 valence electrons. The van der Waals surface area contributed by atoms with Crippen LogP contribution in [0.1, 0.15) is 29.8 Å². The molecule has 4 nitrogen and oxygen atoms in total. The molecule has 0 bridgehead atoms. The van der Waals surface area contributed by atoms with Crippen molar-refractivity contribution in [3.8, 4) is 5.75 Å². The van der Waals surface area contributed by atoms with Gasteiger partial charge in [-0.25, -0.2) is 0 Å². The Bertz CT molecular complexity index is 547. The minimum absolute atomic E-state index is 0.521. The number of aliphatic hydroxyl groups is 1. The third kappa shape index (κ3) is 3.35. The molecule has 0 fully saturated rings. The molecule has 2 rings (SSSR count). The highest BCUT2D eigenvalue weighted by Crippen LogP contribution is 2.26. The zero-order valence-electron chi connectivity index (χ0n) is 11.6. The molecule has 0 amide bonds. The minimum atomic E-state index is -0.521. The lowest BCUT2D eigenvalue weighted by Crippen LogP contribution is -2.08. The lowest BCUT2D eigenvalue weighted by atomic mass is 10.1. The zero-order chi connectivity index (χ0) is 13.8. The van der Waals surface area contributed by atoms with Gasteiger partial charge in [0.15, 0.2) is 0 Å². The summed E-state index contributed by atoms with van der Waals surface area (Å²) in [4.78, 5) is 0. The van der Waals surface area contributed by atoms with Crippen molar-refractivity contribution >= 4 is 0 Å². The minimum Gasteiger partial charge on any atom is -0.493 e. The van der Waals surface area contributed by atoms with Crippen LogP contribution in [0, 0.1) is 6.92 Å². The van der Waals surface area contributed by atoms with Crippen LogP contribution in [0.15, 0.2) is 30.5 Å². The Morgan fingerprint density at radius 3 is 2.79 bits per heavy atom. The van der Waals surface area contributed by atoms with Crippen molar-refractivity contribution in [3.05, 3.63) is 47.3 Å². The monoisotopic (exact) mass is 260 g/mol. The van der Waals surface area contributed by atoms with Crippen LogP contribution in [-0.2, 0) is 13.5 Å². The second kappa shape index (κ2) is 5.89. The van der Waals surface area contributed by atoms with E-state index < -0.39 is 6.10 Å². The predicted molar refractivity (Wildman–Crippen MR) is 74.2 cm³/mol. The van der Waals surface area contributed by atoms with Crippen LogP contribution in [0.4, 0.5) is 0 Å². The number of benzene rings is 1. The topological polar surface area (TPSA) is 47.3 Å². The maximum absolute atomic E-state index is 9.73. The second-order valence-electron chi connectivity index (χ2n) is 4.76. The number of nitrogens with zero attached hydrogens (tertiary/aromatic N) is 2. The molecule has 0 saturated heterocycles. The fourth-order valence-corrected chi connectivity index (χ4v) is 2.02. The van der Waals surface area contributed by atoms with Gasteiger partial charge < -0.3 is 9.84 Å². The van der Waals surface area contributed by atoms with Crippen LogP contribution >= 0.6 is 0 Å². The van der Waals surface area contributed by atoms with Gasteiger partial charge >= 0.3 is 0 Å². The maximum atomic E-state index is 9.73. The third-order valence-corrected chi connectivity index (χ3v) is 3.16. The van der Waals surface area contributed by atoms with Crippen molar-refractivity contribution < 1.29 is 9.84 Å². The summed E-state index contributed by atoms with van der Waals surface area (Å²) in [5.41, 5.74) is 3.08. The molecule has 4 heteroatoms. The van der Waals surface area contributed by atoms with Crippen molar-refractivity contribution in [1.29, 1.82) is 0 Å². The fourth-order valence-electron chi connectivity index (χ4n) is 2.02. The number of aliphatic hydroxyl groups excluding tert-OH is 1. The van der Waals surface area contributed by atoms with Crippen molar-refractivity contribution in [2.75, 3.05) is 6.61 Å². The molecule has 2 aromatic rings. The van der Waals surface area contributed by atoms with Crippen molar-refractivity contribution in [2.45, 2.75) is 26.4 Å². The second-order valence-corrected chi connectivity index (χ2v) is 4.76. The molecule has 0 aliphatic heterocycles. The molecule has 1 aromatic carbocycles. The number of ether oxygens (including phenoxy) is 1. The van der Waals surface area contributed by atoms with Gasteiger partial charge in [-0.2, -0.15) is 5.10 Å². The van der Waals surface area contributed by atoms with Gasteiger partial charge in [0.2, 0.25) is 0 Å². The Morgan fingerprint density at radius 1 is 1.37 bits per heavy atom. The van der Waals surface area contributed by atoms with Crippen LogP contribution in [0.5, 0.6) is 5.75 Å². The molecule has 0 saturated carbocycles. The molecule has 1 aromatic heterocycles. The quantitative estimate of drug-likeness (QED) is 0.898. The van der Waals surface area contributed by atoms with Gasteiger partial charge in [-0.05, 0) is 31.5 Å². The van der Waals surface area contributed by atoms with E-state index in [1.165, 1.54) is 0 Å². The summed E-state index contributed by atoms with van der Waals surface area (Å²) in [6.07, 6.45) is 2.06. The fraction of sp³-hybridized carbons (Fsp3) is 0.400. The van der Waals surface area contributed by atoms with E-state index in [1.807, 2.05) is 42.9 Å². The van der Waals surface area contributed by atoms with E-state index in [0.717, 1.165) is 29.0 Å². The highest BCUT2D eigenvalue weighted by Gasteiger charge is 2.09. The number of aryl methyl sites for hydroxylation is 2. The van der Waals surface area contributed by atoms with Gasteiger partial charge in [0.05, 0.1) is 12.7 Å². The first-order valence-electron chi connectivity index (χ1n) is 6.46. The Balaban J connectivity index is 2.03. The first-order valence-corrected chi connectivity index (χ1v) is 6.46. The van der Waals surface area contributed by atoms with E-state index in [9.17, 15) is 5.11 Å². The molecule has 1 atom stereocenters. The smallest absolute Gasteiger partial charge is 0.125 e. The lowest BCUT2D eigenvalue weighted by molar-refractivity contribution is 0.191. The van der Waals surface area contributed by atoms with Gasteiger partial charge in [-0.3, -0.25) is 4.68 Å². The summed E-state index contributed by atoms with van der Waals surface area (Å²) >= 11 is 0. The van der Waals surface area contributed by atoms with Crippen LogP contribution in [0.2, 0.25) is 0 Å². The van der Waals surface area contributed by atoms with Gasteiger partial charge in [-0.15, -0.1) is 0 Å². The summed E-state index contributed by atoms with van der Waals surface area (Å²) in [5.74, 6) is 0.761. The van der Waals surface area contributed by atoms with E-state index in [-0.39, 0.29) is 0 Å². The van der Waals surface area contributed by atoms with Gasteiger partial charge in [0, 0.05) is 30.9 Å². The largest absolute Gasteiger partial charge is 0.493 e. The average molecular weight is 260 g/mol. The van der Waals surface area contributed by atoms with Crippen LogP contribution < -0.4 is 4.74 Å². The number of hydrogen-bond acceptors (Lipinski definition) is 3. The van der Waals surface area contributed by atoms with Crippen molar-refractivity contribution in [1.82, 2.24) is 9.78 Å². The average Bonchev–Trinajstić information content (AvgIpc) is 2.75. The van der Waals surface area contributed by atoms with Crippen molar-refractivity contribution in [3.63, 3.8) is 0 Å². The standard InChI is InChI=1S/C15H20N2O2/c1-11-4-5-14(12(2)18)15(10-11)19-9-7-13-6-8-16-17(13)3/h4-6,8,10,12,18H,7,9H2,1-3H3/t12-/m1/s1. The van der Waals surface area contributed by atoms with E-state index >= 15 is 0 Å². The molecule has 0 aliphatic rings. The lowest BCUT2D eigenvalue weighted by Gasteiger charge is -2.14. The SMILES string of the molecule is Cc1ccc([C@@H](C)O)c(OCCc2ccnn2C)c1. The first-order chi connectivity index (χ1) is 9.08. The predicted octanol–water partition coefficient (Wildman–Crippen LogP) is 2.40. The Kier molecular flexibility index (Phi) is 4.22. The zero-order valence-corrected chi connectivity index (χ0v) is 11.6. The van der Waals surface area contributed by atoms with Crippen LogP contribution in [0.3, 0.4) is 0 Å². The normalized spacial score (nSPS) is 12.4. The first kappa shape index (κ1) is 13.6. The maximum Gasteiger partial charge on any atom is 0.125 e. The number of hydrogen-bond donors (Lipinski definition) is 1. The molecular weight excluding hydrogens is 240 g/mol. The highest BCUT2D eigenvalue weighted by molar-refractivity contribution is 5.38. The highest BCUT2D eigenvalue weighted by atomic mass is 16.5. The van der Waals surface area contributed by atoms with Crippen molar-refractivity contribution in [2.24, 2.45) is 7.05 Å². The van der Waals surface area contributed by atoms with Gasteiger partial charge in [-0.1, -0.05) is 12.1 Å². The Labute approximate surface area is 113 Å². The van der Waals surface area contributed by atoms with E-state index in [2.05, 4.69) is 5.10 Å². The summed E-state index contributed by atoms with van der Waals surface area (Å²) in [6, 6.07) is 7.84. The third-order valence-electron chi connectivity index (χ3n) is 3.16. The van der Waals surface area contributed by atoms with E-state index in [1.54, 1.807) is 13.1 Å². The molecule has 1 heterocycles. The summed E-state index contributed by atoms with van der Waals surface area (Å²) < 4.78 is 7.65. The van der Waals surface area contributed by atoms with Gasteiger partial charge in [0.25, 0.3) is 0 Å². The van der Waals surface area contributed by atoms with E-state index in [0.29, 0.717) is 6.61 Å². The van der Waals surface area contributed by atoms with Crippen LogP contribution in [0.25, 0.3) is 0 Å². The molecule has 0 radical (unpaired) electrons. The molecule has 0 spiro atoms. The molecule has 1 N–H and O–H groups in total. The Hall–Kier alpha value is -1.81. The van der Waals surface area contributed by atoms with E-state index in [4.69, 9.17) is 4.74 Å².